The third-order valence-electron chi connectivity index (χ3n) is 3.47. The van der Waals surface area contributed by atoms with Crippen molar-refractivity contribution in [1.29, 1.82) is 0 Å². The molecule has 10 heteroatoms. The predicted octanol–water partition coefficient (Wildman–Crippen LogP) is 0.188. The van der Waals surface area contributed by atoms with Gasteiger partial charge >= 0.3 is 11.8 Å². The lowest BCUT2D eigenvalue weighted by atomic mass is 10.2. The van der Waals surface area contributed by atoms with Crippen LogP contribution in [0.4, 0.5) is 0 Å². The van der Waals surface area contributed by atoms with Gasteiger partial charge in [-0.05, 0) is 42.0 Å². The first-order chi connectivity index (χ1) is 14.1. The normalized spacial score (nSPS) is 10.5. The maximum atomic E-state index is 11.7. The van der Waals surface area contributed by atoms with Gasteiger partial charge in [-0.2, -0.15) is 5.10 Å². The van der Waals surface area contributed by atoms with E-state index in [0.29, 0.717) is 30.2 Å². The van der Waals surface area contributed by atoms with Crippen molar-refractivity contribution in [1.82, 2.24) is 16.1 Å². The lowest BCUT2D eigenvalue weighted by molar-refractivity contribution is -0.139. The van der Waals surface area contributed by atoms with Crippen molar-refractivity contribution >= 4 is 23.9 Å². The molecule has 2 rings (SSSR count). The predicted molar refractivity (Wildman–Crippen MR) is 103 cm³/mol. The number of ether oxygens (including phenoxy) is 2. The van der Waals surface area contributed by atoms with Crippen LogP contribution in [0.5, 0.6) is 5.75 Å². The van der Waals surface area contributed by atoms with Crippen LogP contribution in [0.15, 0.2) is 52.2 Å². The average Bonchev–Trinajstić information content (AvgIpc) is 3.25. The molecule has 0 saturated carbocycles. The molecule has 0 radical (unpaired) electrons. The van der Waals surface area contributed by atoms with Crippen molar-refractivity contribution in [2.24, 2.45) is 5.10 Å². The molecule has 1 aromatic carbocycles. The van der Waals surface area contributed by atoms with Gasteiger partial charge < -0.3 is 24.5 Å². The smallest absolute Gasteiger partial charge is 0.329 e. The van der Waals surface area contributed by atoms with Gasteiger partial charge in [0.05, 0.1) is 25.6 Å². The van der Waals surface area contributed by atoms with Crippen molar-refractivity contribution < 1.29 is 28.3 Å². The van der Waals surface area contributed by atoms with Gasteiger partial charge in [0.25, 0.3) is 5.91 Å². The Hall–Kier alpha value is -3.66. The maximum Gasteiger partial charge on any atom is 0.329 e. The number of nitrogens with one attached hydrogen (secondary N) is 3. The molecule has 0 aliphatic heterocycles. The van der Waals surface area contributed by atoms with Gasteiger partial charge in [-0.25, -0.2) is 5.43 Å². The molecule has 10 nitrogen and oxygen atoms in total. The molecule has 0 unspecified atom stereocenters. The van der Waals surface area contributed by atoms with Gasteiger partial charge in [-0.15, -0.1) is 0 Å². The van der Waals surface area contributed by atoms with Crippen molar-refractivity contribution in [3.8, 4) is 5.75 Å². The van der Waals surface area contributed by atoms with E-state index in [-0.39, 0.29) is 19.1 Å². The van der Waals surface area contributed by atoms with Crippen LogP contribution in [0, 0.1) is 0 Å². The Kier molecular flexibility index (Phi) is 8.90. The number of nitrogens with zero attached hydrogens (tertiary/aromatic N) is 1. The summed E-state index contributed by atoms with van der Waals surface area (Å²) in [6.07, 6.45) is 2.91. The number of hydrogen-bond donors (Lipinski definition) is 3. The van der Waals surface area contributed by atoms with Crippen molar-refractivity contribution in [2.45, 2.75) is 6.54 Å². The van der Waals surface area contributed by atoms with E-state index in [0.717, 1.165) is 0 Å². The fraction of sp³-hybridized carbons (Fsp3) is 0.263. The minimum absolute atomic E-state index is 0.137. The summed E-state index contributed by atoms with van der Waals surface area (Å²) in [6, 6.07) is 10.2. The first kappa shape index (κ1) is 21.6. The summed E-state index contributed by atoms with van der Waals surface area (Å²) in [4.78, 5) is 34.7. The Morgan fingerprint density at radius 2 is 1.90 bits per heavy atom. The number of amides is 3. The molecule has 3 N–H and O–H groups in total. The third kappa shape index (κ3) is 8.26. The monoisotopic (exact) mass is 402 g/mol. The number of benzene rings is 1. The SMILES string of the molecule is COCCNC(=O)C(=O)N/N=C\c1ccc(OCC(=O)NCc2ccco2)cc1. The summed E-state index contributed by atoms with van der Waals surface area (Å²) in [5, 5.41) is 8.76. The zero-order valence-electron chi connectivity index (χ0n) is 15.8. The lowest BCUT2D eigenvalue weighted by Crippen LogP contribution is -2.39. The molecule has 0 bridgehead atoms. The number of furan rings is 1. The topological polar surface area (TPSA) is 131 Å². The van der Waals surface area contributed by atoms with E-state index in [1.54, 1.807) is 36.4 Å². The van der Waals surface area contributed by atoms with Gasteiger partial charge in [0.15, 0.2) is 6.61 Å². The van der Waals surface area contributed by atoms with Crippen molar-refractivity contribution in [3.05, 3.63) is 54.0 Å². The number of carbonyl (C=O) groups excluding carboxylic acids is 3. The minimum Gasteiger partial charge on any atom is -0.484 e. The van der Waals surface area contributed by atoms with Crippen LogP contribution >= 0.6 is 0 Å². The molecule has 0 atom stereocenters. The summed E-state index contributed by atoms with van der Waals surface area (Å²) in [5.74, 6) is -0.803. The van der Waals surface area contributed by atoms with Gasteiger partial charge in [0.2, 0.25) is 0 Å². The molecule has 3 amide bonds. The van der Waals surface area contributed by atoms with Crippen LogP contribution < -0.4 is 20.8 Å². The van der Waals surface area contributed by atoms with Crippen LogP contribution in [0.2, 0.25) is 0 Å². The van der Waals surface area contributed by atoms with E-state index >= 15 is 0 Å². The maximum absolute atomic E-state index is 11.7. The molecule has 2 aromatic rings. The summed E-state index contributed by atoms with van der Waals surface area (Å²) >= 11 is 0. The average molecular weight is 402 g/mol. The standard InChI is InChI=1S/C19H22N4O6/c1-27-10-8-20-18(25)19(26)23-22-11-14-4-6-15(7-5-14)29-13-17(24)21-12-16-3-2-9-28-16/h2-7,9,11H,8,10,12-13H2,1H3,(H,20,25)(H,21,24)(H,23,26)/b22-11-. The molecule has 0 spiro atoms. The molecule has 1 heterocycles. The summed E-state index contributed by atoms with van der Waals surface area (Å²) in [7, 11) is 1.49. The first-order valence-corrected chi connectivity index (χ1v) is 8.70. The zero-order valence-corrected chi connectivity index (χ0v) is 15.8. The van der Waals surface area contributed by atoms with E-state index in [1.807, 2.05) is 0 Å². The molecule has 154 valence electrons. The summed E-state index contributed by atoms with van der Waals surface area (Å²) in [5.41, 5.74) is 2.79. The number of hydrazone groups is 1. The van der Waals surface area contributed by atoms with Gasteiger partial charge in [-0.1, -0.05) is 0 Å². The van der Waals surface area contributed by atoms with Crippen LogP contribution in [0.25, 0.3) is 0 Å². The third-order valence-corrected chi connectivity index (χ3v) is 3.47. The molecule has 0 aliphatic rings. The Morgan fingerprint density at radius 3 is 2.59 bits per heavy atom. The Bertz CT molecular complexity index is 818. The van der Waals surface area contributed by atoms with Crippen LogP contribution in [0.3, 0.4) is 0 Å². The quantitative estimate of drug-likeness (QED) is 0.225. The number of rotatable bonds is 10. The number of carbonyl (C=O) groups is 3. The second-order valence-corrected chi connectivity index (χ2v) is 5.66. The van der Waals surface area contributed by atoms with Crippen LogP contribution in [-0.4, -0.2) is 50.8 Å². The highest BCUT2D eigenvalue weighted by molar-refractivity contribution is 6.35. The highest BCUT2D eigenvalue weighted by atomic mass is 16.5. The highest BCUT2D eigenvalue weighted by Gasteiger charge is 2.11. The summed E-state index contributed by atoms with van der Waals surface area (Å²) < 4.78 is 15.3. The molecule has 1 aromatic heterocycles. The zero-order chi connectivity index (χ0) is 20.9. The lowest BCUT2D eigenvalue weighted by Gasteiger charge is -2.06. The Balaban J connectivity index is 1.69. The van der Waals surface area contributed by atoms with Gasteiger partial charge in [0.1, 0.15) is 11.5 Å². The van der Waals surface area contributed by atoms with E-state index < -0.39 is 11.8 Å². The Morgan fingerprint density at radius 1 is 1.10 bits per heavy atom. The van der Waals surface area contributed by atoms with E-state index in [4.69, 9.17) is 13.9 Å². The van der Waals surface area contributed by atoms with Crippen LogP contribution in [0.1, 0.15) is 11.3 Å². The number of methoxy groups -OCH3 is 1. The van der Waals surface area contributed by atoms with E-state index in [9.17, 15) is 14.4 Å². The fourth-order valence-corrected chi connectivity index (χ4v) is 2.01. The fourth-order valence-electron chi connectivity index (χ4n) is 2.01. The molecular weight excluding hydrogens is 380 g/mol. The minimum atomic E-state index is -0.877. The van der Waals surface area contributed by atoms with E-state index in [2.05, 4.69) is 21.2 Å². The second-order valence-electron chi connectivity index (χ2n) is 5.66. The Labute approximate surface area is 167 Å². The van der Waals surface area contributed by atoms with Crippen molar-refractivity contribution in [2.75, 3.05) is 26.9 Å². The highest BCUT2D eigenvalue weighted by Crippen LogP contribution is 2.11. The molecule has 0 saturated heterocycles. The molecule has 0 fully saturated rings. The van der Waals surface area contributed by atoms with E-state index in [1.165, 1.54) is 19.6 Å². The number of hydrogen-bond acceptors (Lipinski definition) is 7. The second kappa shape index (κ2) is 11.9. The van der Waals surface area contributed by atoms with Gasteiger partial charge in [-0.3, -0.25) is 14.4 Å². The first-order valence-electron chi connectivity index (χ1n) is 8.70. The largest absolute Gasteiger partial charge is 0.484 e. The van der Waals surface area contributed by atoms with Crippen molar-refractivity contribution in [3.63, 3.8) is 0 Å². The summed E-state index contributed by atoms with van der Waals surface area (Å²) in [6.45, 7) is 0.695. The molecule has 29 heavy (non-hydrogen) atoms. The molecule has 0 aliphatic carbocycles. The van der Waals surface area contributed by atoms with Gasteiger partial charge in [0, 0.05) is 13.7 Å². The van der Waals surface area contributed by atoms with Crippen LogP contribution in [-0.2, 0) is 25.7 Å². The molecular formula is C19H22N4O6.